The van der Waals surface area contributed by atoms with Crippen molar-refractivity contribution in [1.29, 1.82) is 0 Å². The van der Waals surface area contributed by atoms with E-state index in [-0.39, 0.29) is 11.9 Å². The number of carbonyl (C=O) groups is 1. The van der Waals surface area contributed by atoms with Gasteiger partial charge in [0.1, 0.15) is 19.0 Å². The molecular formula is C27H31N3O4. The Morgan fingerprint density at radius 3 is 2.76 bits per heavy atom. The molecule has 1 fully saturated rings. The van der Waals surface area contributed by atoms with Gasteiger partial charge in [0, 0.05) is 24.7 Å². The van der Waals surface area contributed by atoms with Gasteiger partial charge in [0.2, 0.25) is 5.91 Å². The van der Waals surface area contributed by atoms with Crippen LogP contribution in [0.4, 0.5) is 0 Å². The highest BCUT2D eigenvalue weighted by Gasteiger charge is 2.31. The lowest BCUT2D eigenvalue weighted by molar-refractivity contribution is -0.132. The van der Waals surface area contributed by atoms with Gasteiger partial charge < -0.3 is 19.1 Å². The molecule has 0 saturated carbocycles. The number of fused-ring (bicyclic) bond motifs is 1. The number of ether oxygens (including phenoxy) is 3. The second-order valence-corrected chi connectivity index (χ2v) is 8.91. The van der Waals surface area contributed by atoms with Crippen molar-refractivity contribution in [2.45, 2.75) is 45.6 Å². The molecule has 1 atom stereocenters. The van der Waals surface area contributed by atoms with Gasteiger partial charge in [-0.2, -0.15) is 5.10 Å². The van der Waals surface area contributed by atoms with Crippen LogP contribution in [0, 0.1) is 13.8 Å². The highest BCUT2D eigenvalue weighted by atomic mass is 16.6. The van der Waals surface area contributed by atoms with Crippen LogP contribution in [0.5, 0.6) is 17.2 Å². The largest absolute Gasteiger partial charge is 0.497 e. The molecule has 3 heterocycles. The van der Waals surface area contributed by atoms with E-state index in [0.717, 1.165) is 64.8 Å². The molecule has 34 heavy (non-hydrogen) atoms. The van der Waals surface area contributed by atoms with Crippen LogP contribution in [0.15, 0.2) is 42.5 Å². The van der Waals surface area contributed by atoms with Crippen molar-refractivity contribution in [2.75, 3.05) is 26.9 Å². The molecule has 7 nitrogen and oxygen atoms in total. The number of methoxy groups -OCH3 is 1. The monoisotopic (exact) mass is 461 g/mol. The summed E-state index contributed by atoms with van der Waals surface area (Å²) in [5.41, 5.74) is 5.22. The van der Waals surface area contributed by atoms with Gasteiger partial charge in [-0.1, -0.05) is 12.1 Å². The topological polar surface area (TPSA) is 65.8 Å². The normalized spacial score (nSPS) is 17.1. The van der Waals surface area contributed by atoms with Crippen molar-refractivity contribution < 1.29 is 19.0 Å². The molecule has 178 valence electrons. The van der Waals surface area contributed by atoms with Crippen LogP contribution in [0.2, 0.25) is 0 Å². The number of nitrogens with zero attached hydrogens (tertiary/aromatic N) is 3. The first-order valence-electron chi connectivity index (χ1n) is 11.9. The molecule has 2 aliphatic heterocycles. The van der Waals surface area contributed by atoms with E-state index in [1.165, 1.54) is 0 Å². The molecule has 0 spiro atoms. The lowest BCUT2D eigenvalue weighted by Crippen LogP contribution is -2.30. The minimum atomic E-state index is 0.0880. The highest BCUT2D eigenvalue weighted by Crippen LogP contribution is 2.38. The minimum absolute atomic E-state index is 0.0880. The van der Waals surface area contributed by atoms with Crippen molar-refractivity contribution in [3.63, 3.8) is 0 Å². The number of hydrogen-bond donors (Lipinski definition) is 0. The molecule has 3 aromatic rings. The maximum absolute atomic E-state index is 13.3. The molecule has 0 unspecified atom stereocenters. The Balaban J connectivity index is 1.30. The fourth-order valence-electron chi connectivity index (χ4n) is 5.08. The number of hydrogen-bond acceptors (Lipinski definition) is 5. The van der Waals surface area contributed by atoms with E-state index >= 15 is 0 Å². The van der Waals surface area contributed by atoms with Crippen molar-refractivity contribution >= 4 is 5.91 Å². The number of rotatable bonds is 6. The first kappa shape index (κ1) is 22.3. The van der Waals surface area contributed by atoms with Gasteiger partial charge in [-0.25, -0.2) is 4.68 Å². The number of amides is 1. The van der Waals surface area contributed by atoms with Gasteiger partial charge >= 0.3 is 0 Å². The summed E-state index contributed by atoms with van der Waals surface area (Å²) in [6, 6.07) is 14.0. The number of likely N-dealkylation sites (tertiary alicyclic amines) is 1. The van der Waals surface area contributed by atoms with Crippen molar-refractivity contribution in [1.82, 2.24) is 14.7 Å². The molecule has 0 radical (unpaired) electrons. The number of benzene rings is 2. The first-order valence-corrected chi connectivity index (χ1v) is 11.9. The van der Waals surface area contributed by atoms with E-state index in [4.69, 9.17) is 19.3 Å². The van der Waals surface area contributed by atoms with Crippen LogP contribution in [0.3, 0.4) is 0 Å². The maximum atomic E-state index is 13.3. The van der Waals surface area contributed by atoms with E-state index in [1.807, 2.05) is 52.9 Å². The Kier molecular flexibility index (Phi) is 6.18. The summed E-state index contributed by atoms with van der Waals surface area (Å²) in [6.45, 7) is 6.00. The van der Waals surface area contributed by atoms with Crippen molar-refractivity contribution in [3.05, 3.63) is 65.0 Å². The molecular weight excluding hydrogens is 430 g/mol. The molecule has 2 aliphatic rings. The highest BCUT2D eigenvalue weighted by molar-refractivity contribution is 5.77. The Bertz CT molecular complexity index is 1200. The van der Waals surface area contributed by atoms with Crippen LogP contribution in [-0.2, 0) is 11.2 Å². The quantitative estimate of drug-likeness (QED) is 0.538. The maximum Gasteiger partial charge on any atom is 0.223 e. The standard InChI is InChI=1S/C27H31N3O4/c1-18-23(19(2)30(28-18)21-6-4-7-22(17-21)32-3)10-12-27(31)29-13-5-8-24(29)20-9-11-25-26(16-20)34-15-14-33-25/h4,6-7,9,11,16-17,24H,5,8,10,12-15H2,1-3H3/t24-/m1/s1. The Labute approximate surface area is 200 Å². The second kappa shape index (κ2) is 9.41. The third-order valence-electron chi connectivity index (χ3n) is 6.85. The Hall–Kier alpha value is -3.48. The lowest BCUT2D eigenvalue weighted by Gasteiger charge is -2.27. The van der Waals surface area contributed by atoms with Gasteiger partial charge in [0.25, 0.3) is 0 Å². The molecule has 7 heteroatoms. The number of aryl methyl sites for hydroxylation is 1. The van der Waals surface area contributed by atoms with Crippen LogP contribution in [0.25, 0.3) is 5.69 Å². The Morgan fingerprint density at radius 1 is 1.12 bits per heavy atom. The predicted octanol–water partition coefficient (Wildman–Crippen LogP) is 4.57. The van der Waals surface area contributed by atoms with E-state index in [0.29, 0.717) is 26.1 Å². The predicted molar refractivity (Wildman–Crippen MR) is 129 cm³/mol. The van der Waals surface area contributed by atoms with E-state index in [9.17, 15) is 4.79 Å². The number of carbonyl (C=O) groups excluding carboxylic acids is 1. The summed E-state index contributed by atoms with van der Waals surface area (Å²) in [4.78, 5) is 15.3. The van der Waals surface area contributed by atoms with Gasteiger partial charge in [0.05, 0.1) is 24.5 Å². The Morgan fingerprint density at radius 2 is 1.94 bits per heavy atom. The summed E-state index contributed by atoms with van der Waals surface area (Å²) >= 11 is 0. The fourth-order valence-corrected chi connectivity index (χ4v) is 5.08. The SMILES string of the molecule is COc1cccc(-n2nc(C)c(CCC(=O)N3CCC[C@@H]3c3ccc4c(c3)OCCO4)c2C)c1. The zero-order valence-corrected chi connectivity index (χ0v) is 20.0. The number of aromatic nitrogens is 2. The molecule has 2 aromatic carbocycles. The summed E-state index contributed by atoms with van der Waals surface area (Å²) in [6.07, 6.45) is 3.12. The molecule has 0 N–H and O–H groups in total. The van der Waals surface area contributed by atoms with Crippen LogP contribution in [-0.4, -0.2) is 47.5 Å². The third-order valence-corrected chi connectivity index (χ3v) is 6.85. The summed E-state index contributed by atoms with van der Waals surface area (Å²) in [5, 5.41) is 4.75. The summed E-state index contributed by atoms with van der Waals surface area (Å²) in [7, 11) is 1.66. The zero-order chi connectivity index (χ0) is 23.7. The van der Waals surface area contributed by atoms with E-state index in [1.54, 1.807) is 7.11 Å². The van der Waals surface area contributed by atoms with Gasteiger partial charge in [-0.05, 0) is 68.5 Å². The summed E-state index contributed by atoms with van der Waals surface area (Å²) < 4.78 is 18.7. The van der Waals surface area contributed by atoms with Crippen LogP contribution < -0.4 is 14.2 Å². The van der Waals surface area contributed by atoms with Crippen molar-refractivity contribution in [3.8, 4) is 22.9 Å². The smallest absolute Gasteiger partial charge is 0.223 e. The average Bonchev–Trinajstić information content (AvgIpc) is 3.47. The lowest BCUT2D eigenvalue weighted by atomic mass is 10.0. The average molecular weight is 462 g/mol. The molecule has 1 aromatic heterocycles. The van der Waals surface area contributed by atoms with Crippen LogP contribution in [0.1, 0.15) is 47.8 Å². The van der Waals surface area contributed by atoms with E-state index in [2.05, 4.69) is 13.0 Å². The van der Waals surface area contributed by atoms with Gasteiger partial charge in [-0.15, -0.1) is 0 Å². The minimum Gasteiger partial charge on any atom is -0.497 e. The third kappa shape index (κ3) is 4.22. The molecule has 5 rings (SSSR count). The van der Waals surface area contributed by atoms with Gasteiger partial charge in [0.15, 0.2) is 11.5 Å². The van der Waals surface area contributed by atoms with E-state index < -0.39 is 0 Å². The molecule has 1 amide bonds. The van der Waals surface area contributed by atoms with Crippen molar-refractivity contribution in [2.24, 2.45) is 0 Å². The molecule has 1 saturated heterocycles. The zero-order valence-electron chi connectivity index (χ0n) is 20.0. The molecule has 0 aliphatic carbocycles. The molecule has 0 bridgehead atoms. The second-order valence-electron chi connectivity index (χ2n) is 8.91. The van der Waals surface area contributed by atoms with Gasteiger partial charge in [-0.3, -0.25) is 4.79 Å². The van der Waals surface area contributed by atoms with Crippen LogP contribution >= 0.6 is 0 Å². The fraction of sp³-hybridized carbons (Fsp3) is 0.407. The summed E-state index contributed by atoms with van der Waals surface area (Å²) in [5.74, 6) is 2.54. The first-order chi connectivity index (χ1) is 16.5.